The fourth-order valence-electron chi connectivity index (χ4n) is 1.26. The first-order valence-corrected chi connectivity index (χ1v) is 6.16. The molecule has 0 N–H and O–H groups in total. The number of methoxy groups -OCH3 is 1. The first-order chi connectivity index (χ1) is 7.57. The zero-order chi connectivity index (χ0) is 12.2. The summed E-state index contributed by atoms with van der Waals surface area (Å²) in [6, 6.07) is 7.12. The van der Waals surface area contributed by atoms with Crippen molar-refractivity contribution in [2.24, 2.45) is 0 Å². The van der Waals surface area contributed by atoms with Crippen LogP contribution in [0.1, 0.15) is 0 Å². The smallest absolute Gasteiger partial charge is 0.434 e. The van der Waals surface area contributed by atoms with E-state index >= 15 is 0 Å². The van der Waals surface area contributed by atoms with Crippen LogP contribution in [0, 0.1) is 0 Å². The Morgan fingerprint density at radius 3 is 1.94 bits per heavy atom. The van der Waals surface area contributed by atoms with Crippen LogP contribution in [0.5, 0.6) is 5.75 Å². The molecule has 0 amide bonds. The Balaban J connectivity index is 2.95. The highest BCUT2D eigenvalue weighted by Crippen LogP contribution is 2.51. The van der Waals surface area contributed by atoms with Crippen LogP contribution in [0.4, 0.5) is 5.69 Å². The van der Waals surface area contributed by atoms with Gasteiger partial charge < -0.3 is 4.74 Å². The van der Waals surface area contributed by atoms with E-state index in [1.165, 1.54) is 18.9 Å². The molecule has 0 saturated heterocycles. The summed E-state index contributed by atoms with van der Waals surface area (Å²) in [5.74, 6) is 0.738. The zero-order valence-corrected chi connectivity index (χ0v) is 10.7. The fourth-order valence-corrected chi connectivity index (χ4v) is 2.31. The van der Waals surface area contributed by atoms with Crippen molar-refractivity contribution in [3.8, 4) is 5.75 Å². The second-order valence-electron chi connectivity index (χ2n) is 3.06. The molecule has 0 aliphatic rings. The SMILES string of the molecule is COc1ccc(N(C)P(=O)(OC)OC)cc1. The van der Waals surface area contributed by atoms with Crippen LogP contribution in [-0.4, -0.2) is 28.4 Å². The quantitative estimate of drug-likeness (QED) is 0.746. The lowest BCUT2D eigenvalue weighted by molar-refractivity contribution is 0.274. The first kappa shape index (κ1) is 13.0. The van der Waals surface area contributed by atoms with Crippen LogP contribution in [0.15, 0.2) is 24.3 Å². The second kappa shape index (κ2) is 5.34. The number of benzene rings is 1. The average Bonchev–Trinajstić information content (AvgIpc) is 2.37. The van der Waals surface area contributed by atoms with Crippen molar-refractivity contribution in [2.75, 3.05) is 33.0 Å². The van der Waals surface area contributed by atoms with Gasteiger partial charge in [-0.2, -0.15) is 0 Å². The van der Waals surface area contributed by atoms with Crippen LogP contribution in [-0.2, 0) is 13.6 Å². The summed E-state index contributed by atoms with van der Waals surface area (Å²) in [5.41, 5.74) is 0.729. The predicted octanol–water partition coefficient (Wildman–Crippen LogP) is 2.53. The summed E-state index contributed by atoms with van der Waals surface area (Å²) >= 11 is 0. The van der Waals surface area contributed by atoms with Crippen molar-refractivity contribution < 1.29 is 18.3 Å². The van der Waals surface area contributed by atoms with Gasteiger partial charge >= 0.3 is 7.75 Å². The number of ether oxygens (including phenoxy) is 1. The average molecular weight is 245 g/mol. The molecule has 5 nitrogen and oxygen atoms in total. The summed E-state index contributed by atoms with van der Waals surface area (Å²) < 4.78 is 28.3. The van der Waals surface area contributed by atoms with Crippen LogP contribution < -0.4 is 9.41 Å². The standard InChI is InChI=1S/C10H16NO4P/c1-11(16(12,14-3)15-4)9-5-7-10(13-2)8-6-9/h5-8H,1-4H3. The van der Waals surface area contributed by atoms with E-state index in [1.807, 2.05) is 0 Å². The third-order valence-corrected chi connectivity index (χ3v) is 4.16. The maximum Gasteiger partial charge on any atom is 0.434 e. The maximum atomic E-state index is 12.1. The van der Waals surface area contributed by atoms with Gasteiger partial charge in [-0.3, -0.25) is 13.7 Å². The Hall–Kier alpha value is -1.03. The molecule has 6 heteroatoms. The minimum absolute atomic E-state index is 0.729. The maximum absolute atomic E-state index is 12.1. The highest BCUT2D eigenvalue weighted by molar-refractivity contribution is 7.55. The molecule has 0 aromatic heterocycles. The summed E-state index contributed by atoms with van der Waals surface area (Å²) in [5, 5.41) is 0. The Labute approximate surface area is 95.5 Å². The molecule has 0 unspecified atom stereocenters. The van der Waals surface area contributed by atoms with Gasteiger partial charge in [-0.05, 0) is 24.3 Å². The third kappa shape index (κ3) is 2.55. The van der Waals surface area contributed by atoms with E-state index in [1.54, 1.807) is 38.4 Å². The minimum atomic E-state index is -3.23. The van der Waals surface area contributed by atoms with Crippen molar-refractivity contribution in [2.45, 2.75) is 0 Å². The molecule has 0 bridgehead atoms. The van der Waals surface area contributed by atoms with Crippen LogP contribution in [0.3, 0.4) is 0 Å². The number of nitrogens with zero attached hydrogens (tertiary/aromatic N) is 1. The van der Waals surface area contributed by atoms with Gasteiger partial charge in [0.25, 0.3) is 0 Å². The molecule has 16 heavy (non-hydrogen) atoms. The van der Waals surface area contributed by atoms with Crippen LogP contribution in [0.25, 0.3) is 0 Å². The number of hydrogen-bond donors (Lipinski definition) is 0. The molecule has 1 aromatic carbocycles. The molecule has 90 valence electrons. The number of anilines is 1. The van der Waals surface area contributed by atoms with Gasteiger partial charge in [0.1, 0.15) is 5.75 Å². The van der Waals surface area contributed by atoms with E-state index in [4.69, 9.17) is 13.8 Å². The van der Waals surface area contributed by atoms with Gasteiger partial charge in [-0.15, -0.1) is 0 Å². The van der Waals surface area contributed by atoms with Gasteiger partial charge in [-0.1, -0.05) is 0 Å². The predicted molar refractivity (Wildman–Crippen MR) is 63.0 cm³/mol. The Morgan fingerprint density at radius 1 is 1.06 bits per heavy atom. The van der Waals surface area contributed by atoms with E-state index in [9.17, 15) is 4.57 Å². The normalized spacial score (nSPS) is 11.2. The van der Waals surface area contributed by atoms with Gasteiger partial charge in [0, 0.05) is 27.0 Å². The van der Waals surface area contributed by atoms with Crippen molar-refractivity contribution in [1.29, 1.82) is 0 Å². The zero-order valence-electron chi connectivity index (χ0n) is 9.84. The number of rotatable bonds is 5. The molecule has 0 fully saturated rings. The van der Waals surface area contributed by atoms with E-state index in [0.29, 0.717) is 0 Å². The summed E-state index contributed by atoms with van der Waals surface area (Å²) in [4.78, 5) is 0. The van der Waals surface area contributed by atoms with E-state index in [-0.39, 0.29) is 0 Å². The Morgan fingerprint density at radius 2 is 1.56 bits per heavy atom. The van der Waals surface area contributed by atoms with E-state index < -0.39 is 7.75 Å². The molecule has 1 rings (SSSR count). The molecule has 0 atom stereocenters. The van der Waals surface area contributed by atoms with Crippen molar-refractivity contribution >= 4 is 13.4 Å². The number of hydrogen-bond acceptors (Lipinski definition) is 4. The Bertz CT molecular complexity index is 371. The fraction of sp³-hybridized carbons (Fsp3) is 0.400. The lowest BCUT2D eigenvalue weighted by atomic mass is 10.3. The topological polar surface area (TPSA) is 48.0 Å². The lowest BCUT2D eigenvalue weighted by Crippen LogP contribution is -2.15. The van der Waals surface area contributed by atoms with Crippen LogP contribution >= 0.6 is 7.75 Å². The van der Waals surface area contributed by atoms with Crippen LogP contribution in [0.2, 0.25) is 0 Å². The molecular weight excluding hydrogens is 229 g/mol. The molecule has 0 radical (unpaired) electrons. The summed E-state index contributed by atoms with van der Waals surface area (Å²) in [6.45, 7) is 0. The molecule has 1 aromatic rings. The molecule has 0 aliphatic carbocycles. The minimum Gasteiger partial charge on any atom is -0.497 e. The highest BCUT2D eigenvalue weighted by Gasteiger charge is 2.28. The summed E-state index contributed by atoms with van der Waals surface area (Å²) in [7, 11) is 2.72. The van der Waals surface area contributed by atoms with E-state index in [0.717, 1.165) is 11.4 Å². The molecule has 0 aliphatic heterocycles. The van der Waals surface area contributed by atoms with Crippen molar-refractivity contribution in [3.63, 3.8) is 0 Å². The summed E-state index contributed by atoms with van der Waals surface area (Å²) in [6.07, 6.45) is 0. The van der Waals surface area contributed by atoms with Gasteiger partial charge in [-0.25, -0.2) is 4.57 Å². The molecule has 0 saturated carbocycles. The molecular formula is C10H16NO4P. The van der Waals surface area contributed by atoms with Gasteiger partial charge in [0.05, 0.1) is 7.11 Å². The second-order valence-corrected chi connectivity index (χ2v) is 5.32. The lowest BCUT2D eigenvalue weighted by Gasteiger charge is -2.25. The monoisotopic (exact) mass is 245 g/mol. The molecule has 0 heterocycles. The van der Waals surface area contributed by atoms with Gasteiger partial charge in [0.15, 0.2) is 0 Å². The van der Waals surface area contributed by atoms with Gasteiger partial charge in [0.2, 0.25) is 0 Å². The third-order valence-electron chi connectivity index (χ3n) is 2.27. The first-order valence-electron chi connectivity index (χ1n) is 4.67. The van der Waals surface area contributed by atoms with Crippen molar-refractivity contribution in [1.82, 2.24) is 0 Å². The molecule has 0 spiro atoms. The van der Waals surface area contributed by atoms with E-state index in [2.05, 4.69) is 0 Å². The largest absolute Gasteiger partial charge is 0.497 e. The van der Waals surface area contributed by atoms with Crippen molar-refractivity contribution in [3.05, 3.63) is 24.3 Å². The highest BCUT2D eigenvalue weighted by atomic mass is 31.2. The Kier molecular flexibility index (Phi) is 4.35.